The lowest BCUT2D eigenvalue weighted by Gasteiger charge is -2.14. The van der Waals surface area contributed by atoms with Gasteiger partial charge in [-0.25, -0.2) is 9.37 Å². The van der Waals surface area contributed by atoms with Crippen LogP contribution in [0.3, 0.4) is 0 Å². The Bertz CT molecular complexity index is 1340. The van der Waals surface area contributed by atoms with Crippen molar-refractivity contribution in [1.29, 1.82) is 0 Å². The van der Waals surface area contributed by atoms with E-state index in [-0.39, 0.29) is 23.1 Å². The summed E-state index contributed by atoms with van der Waals surface area (Å²) in [5.74, 6) is -0.815. The second-order valence-corrected chi connectivity index (χ2v) is 7.95. The summed E-state index contributed by atoms with van der Waals surface area (Å²) in [5.41, 5.74) is 2.03. The molecule has 2 aromatic heterocycles. The summed E-state index contributed by atoms with van der Waals surface area (Å²) < 4.78 is 14.6. The van der Waals surface area contributed by atoms with Crippen molar-refractivity contribution in [3.63, 3.8) is 0 Å². The van der Waals surface area contributed by atoms with Gasteiger partial charge >= 0.3 is 0 Å². The van der Waals surface area contributed by atoms with E-state index in [1.54, 1.807) is 43.3 Å². The highest BCUT2D eigenvalue weighted by Crippen LogP contribution is 2.31. The molecule has 0 aliphatic carbocycles. The maximum atomic E-state index is 13.3. The number of thiophene rings is 1. The van der Waals surface area contributed by atoms with Gasteiger partial charge < -0.3 is 5.32 Å². The number of rotatable bonds is 5. The molecule has 31 heavy (non-hydrogen) atoms. The molecule has 0 saturated heterocycles. The Kier molecular flexibility index (Phi) is 5.48. The molecule has 1 atom stereocenters. The quantitative estimate of drug-likeness (QED) is 0.462. The minimum absolute atomic E-state index is 0.203. The lowest BCUT2D eigenvalue weighted by molar-refractivity contribution is -0.114. The van der Waals surface area contributed by atoms with Crippen LogP contribution < -0.4 is 10.9 Å². The van der Waals surface area contributed by atoms with Crippen molar-refractivity contribution in [1.82, 2.24) is 9.55 Å². The number of halogens is 1. The van der Waals surface area contributed by atoms with Gasteiger partial charge in [0.05, 0.1) is 17.8 Å². The third-order valence-corrected chi connectivity index (χ3v) is 5.85. The van der Waals surface area contributed by atoms with Crippen molar-refractivity contribution in [3.05, 3.63) is 82.0 Å². The van der Waals surface area contributed by atoms with Gasteiger partial charge in [-0.05, 0) is 48.9 Å². The Balaban J connectivity index is 1.70. The second kappa shape index (κ2) is 8.23. The van der Waals surface area contributed by atoms with E-state index in [0.29, 0.717) is 32.6 Å². The highest BCUT2D eigenvalue weighted by Gasteiger charge is 2.21. The van der Waals surface area contributed by atoms with Crippen molar-refractivity contribution < 1.29 is 14.0 Å². The fraction of sp³-hybridized carbons (Fsp3) is 0.130. The zero-order valence-electron chi connectivity index (χ0n) is 16.8. The van der Waals surface area contributed by atoms with Crippen LogP contribution in [0.5, 0.6) is 0 Å². The van der Waals surface area contributed by atoms with Crippen LogP contribution in [0, 0.1) is 5.82 Å². The van der Waals surface area contributed by atoms with Crippen LogP contribution in [0.4, 0.5) is 10.1 Å². The molecular formula is C23H18FN3O3S. The monoisotopic (exact) mass is 435 g/mol. The van der Waals surface area contributed by atoms with E-state index in [1.165, 1.54) is 41.3 Å². The van der Waals surface area contributed by atoms with E-state index in [0.717, 1.165) is 0 Å². The largest absolute Gasteiger partial charge is 0.326 e. The number of aromatic nitrogens is 2. The molecule has 0 aliphatic heterocycles. The Labute approximate surface area is 181 Å². The number of benzene rings is 2. The molecule has 1 amide bonds. The van der Waals surface area contributed by atoms with Gasteiger partial charge in [-0.2, -0.15) is 0 Å². The van der Waals surface area contributed by atoms with Crippen LogP contribution in [0.15, 0.2) is 65.0 Å². The number of carbonyl (C=O) groups excluding carboxylic acids is 2. The van der Waals surface area contributed by atoms with Crippen molar-refractivity contribution in [2.45, 2.75) is 19.9 Å². The van der Waals surface area contributed by atoms with Crippen molar-refractivity contribution in [2.24, 2.45) is 0 Å². The van der Waals surface area contributed by atoms with Gasteiger partial charge in [0.15, 0.2) is 5.78 Å². The molecule has 0 saturated carbocycles. The Hall–Kier alpha value is -3.65. The maximum absolute atomic E-state index is 13.3. The van der Waals surface area contributed by atoms with E-state index in [2.05, 4.69) is 10.3 Å². The van der Waals surface area contributed by atoms with E-state index < -0.39 is 6.04 Å². The Morgan fingerprint density at radius 2 is 1.77 bits per heavy atom. The van der Waals surface area contributed by atoms with Gasteiger partial charge in [-0.3, -0.25) is 19.0 Å². The summed E-state index contributed by atoms with van der Waals surface area (Å²) in [6.45, 7) is 3.05. The molecule has 1 unspecified atom stereocenters. The molecule has 156 valence electrons. The summed E-state index contributed by atoms with van der Waals surface area (Å²) >= 11 is 1.32. The van der Waals surface area contributed by atoms with E-state index in [4.69, 9.17) is 0 Å². The first kappa shape index (κ1) is 20.6. The number of fused-ring (bicyclic) bond motifs is 1. The Morgan fingerprint density at radius 1 is 1.10 bits per heavy atom. The van der Waals surface area contributed by atoms with E-state index in [1.807, 2.05) is 5.38 Å². The van der Waals surface area contributed by atoms with Crippen LogP contribution in [-0.4, -0.2) is 21.2 Å². The third-order valence-electron chi connectivity index (χ3n) is 4.96. The number of carbonyl (C=O) groups is 2. The van der Waals surface area contributed by atoms with Gasteiger partial charge in [0.25, 0.3) is 5.56 Å². The third kappa shape index (κ3) is 4.02. The normalized spacial score (nSPS) is 12.0. The maximum Gasteiger partial charge on any atom is 0.263 e. The molecule has 2 aromatic carbocycles. The molecule has 6 nitrogen and oxygen atoms in total. The van der Waals surface area contributed by atoms with Crippen molar-refractivity contribution >= 4 is 38.9 Å². The fourth-order valence-electron chi connectivity index (χ4n) is 3.35. The summed E-state index contributed by atoms with van der Waals surface area (Å²) in [6.07, 6.45) is 1.38. The number of anilines is 1. The van der Waals surface area contributed by atoms with Crippen molar-refractivity contribution in [2.75, 3.05) is 5.32 Å². The summed E-state index contributed by atoms with van der Waals surface area (Å²) in [5, 5.41) is 4.86. The van der Waals surface area contributed by atoms with Gasteiger partial charge in [-0.15, -0.1) is 11.3 Å². The number of hydrogen-bond acceptors (Lipinski definition) is 5. The lowest BCUT2D eigenvalue weighted by Crippen LogP contribution is -2.28. The van der Waals surface area contributed by atoms with Gasteiger partial charge in [0, 0.05) is 29.1 Å². The first-order valence-electron chi connectivity index (χ1n) is 9.51. The molecule has 0 spiro atoms. The second-order valence-electron chi connectivity index (χ2n) is 7.09. The highest BCUT2D eigenvalue weighted by molar-refractivity contribution is 7.17. The number of ketones is 1. The molecule has 4 rings (SSSR count). The van der Waals surface area contributed by atoms with Crippen molar-refractivity contribution in [3.8, 4) is 11.1 Å². The summed E-state index contributed by atoms with van der Waals surface area (Å²) in [6, 6.07) is 11.6. The van der Waals surface area contributed by atoms with E-state index >= 15 is 0 Å². The topological polar surface area (TPSA) is 81.1 Å². The first-order chi connectivity index (χ1) is 14.8. The van der Waals surface area contributed by atoms with Crippen LogP contribution in [0.2, 0.25) is 0 Å². The van der Waals surface area contributed by atoms with Crippen LogP contribution >= 0.6 is 11.3 Å². The first-order valence-corrected chi connectivity index (χ1v) is 10.4. The zero-order valence-corrected chi connectivity index (χ0v) is 17.6. The van der Waals surface area contributed by atoms with Gasteiger partial charge in [0.2, 0.25) is 5.91 Å². The number of nitrogens with one attached hydrogen (secondary N) is 1. The molecule has 0 radical (unpaired) electrons. The molecule has 8 heteroatoms. The van der Waals surface area contributed by atoms with Crippen LogP contribution in [0.25, 0.3) is 21.3 Å². The molecule has 4 aromatic rings. The lowest BCUT2D eigenvalue weighted by atomic mass is 10.0. The SMILES string of the molecule is CC(=O)Nc1ccc(C(=O)C(C)n2cnc3scc(-c4ccc(F)cc4)c3c2=O)cc1. The van der Waals surface area contributed by atoms with Crippen LogP contribution in [0.1, 0.15) is 30.2 Å². The van der Waals surface area contributed by atoms with Crippen LogP contribution in [-0.2, 0) is 4.79 Å². The zero-order chi connectivity index (χ0) is 22.1. The number of hydrogen-bond donors (Lipinski definition) is 1. The molecule has 2 heterocycles. The predicted molar refractivity (Wildman–Crippen MR) is 119 cm³/mol. The predicted octanol–water partition coefficient (Wildman–Crippen LogP) is 4.67. The average Bonchev–Trinajstić information content (AvgIpc) is 3.19. The molecule has 1 N–H and O–H groups in total. The standard InChI is InChI=1S/C23H18FN3O3S/c1-13(21(29)16-5-9-18(10-6-16)26-14(2)28)27-12-25-22-20(23(27)30)19(11-31-22)15-3-7-17(24)8-4-15/h3-13H,1-2H3,(H,26,28). The summed E-state index contributed by atoms with van der Waals surface area (Å²) in [4.78, 5) is 42.3. The number of amides is 1. The minimum Gasteiger partial charge on any atom is -0.326 e. The minimum atomic E-state index is -0.781. The average molecular weight is 435 g/mol. The molecule has 0 bridgehead atoms. The number of Topliss-reactive ketones (excluding diaryl/α,β-unsaturated/α-hetero) is 1. The number of nitrogens with zero attached hydrogens (tertiary/aromatic N) is 2. The molecular weight excluding hydrogens is 417 g/mol. The van der Waals surface area contributed by atoms with E-state index in [9.17, 15) is 18.8 Å². The van der Waals surface area contributed by atoms with Gasteiger partial charge in [-0.1, -0.05) is 12.1 Å². The Morgan fingerprint density at radius 3 is 2.42 bits per heavy atom. The molecule has 0 fully saturated rings. The smallest absolute Gasteiger partial charge is 0.263 e. The van der Waals surface area contributed by atoms with Gasteiger partial charge in [0.1, 0.15) is 10.6 Å². The fourth-order valence-corrected chi connectivity index (χ4v) is 4.26. The highest BCUT2D eigenvalue weighted by atomic mass is 32.1. The molecule has 0 aliphatic rings. The summed E-state index contributed by atoms with van der Waals surface area (Å²) in [7, 11) is 0.